The van der Waals surface area contributed by atoms with Crippen molar-refractivity contribution in [2.75, 3.05) is 84.2 Å². The molecule has 2 atom stereocenters. The fourth-order valence-corrected chi connectivity index (χ4v) is 7.14. The molecule has 1 aliphatic rings. The Morgan fingerprint density at radius 3 is 2.04 bits per heavy atom. The molecule has 3 aromatic carbocycles. The Morgan fingerprint density at radius 1 is 0.820 bits per heavy atom. The van der Waals surface area contributed by atoms with Crippen LogP contribution in [-0.4, -0.2) is 122 Å². The molecule has 1 saturated heterocycles. The number of alkyl carbamates (subject to hydrolysis) is 1. The van der Waals surface area contributed by atoms with Crippen molar-refractivity contribution in [3.8, 4) is 0 Å². The summed E-state index contributed by atoms with van der Waals surface area (Å²) in [7, 11) is 4.50. The Morgan fingerprint density at radius 2 is 1.40 bits per heavy atom. The maximum Gasteiger partial charge on any atom is 0.413 e. The number of halogens is 1. The number of carbonyl (C=O) groups is 3. The van der Waals surface area contributed by atoms with E-state index in [2.05, 4.69) is 51.5 Å². The van der Waals surface area contributed by atoms with Crippen LogP contribution >= 0.6 is 33.2 Å². The van der Waals surface area contributed by atoms with Gasteiger partial charge in [0.15, 0.2) is 0 Å². The first-order valence-corrected chi connectivity index (χ1v) is 19.3. The molecule has 3 aromatic rings. The molecular formula is C36H45ClN4O7S2. The third-order valence-electron chi connectivity index (χ3n) is 7.92. The molecule has 0 aromatic heterocycles. The maximum atomic E-state index is 12.2. The fraction of sp³-hybridized carbons (Fsp3) is 0.417. The number of nitrogens with zero attached hydrogens (tertiary/aromatic N) is 3. The first-order chi connectivity index (χ1) is 24.3. The SMILES string of the molecule is CN(C[C@@H](O)c1ccccc1)C(=O)OCCSSCCOC(=O)NC(=O)COCCN1CCN(C(c2ccccc2)c2ccc(Cl)cc2)CC1. The van der Waals surface area contributed by atoms with E-state index in [0.29, 0.717) is 24.7 Å². The van der Waals surface area contributed by atoms with Gasteiger partial charge < -0.3 is 24.2 Å². The minimum absolute atomic E-state index is 0.118. The van der Waals surface area contributed by atoms with E-state index in [1.807, 2.05) is 36.4 Å². The molecule has 14 heteroatoms. The Balaban J connectivity index is 0.996. The number of likely N-dealkylation sites (N-methyl/N-ethyl adjacent to an activating group) is 1. The van der Waals surface area contributed by atoms with Gasteiger partial charge in [0.25, 0.3) is 5.91 Å². The van der Waals surface area contributed by atoms with Gasteiger partial charge in [0, 0.05) is 56.3 Å². The molecule has 0 bridgehead atoms. The quantitative estimate of drug-likeness (QED) is 0.127. The zero-order valence-corrected chi connectivity index (χ0v) is 30.5. The average Bonchev–Trinajstić information content (AvgIpc) is 3.13. The van der Waals surface area contributed by atoms with E-state index in [1.165, 1.54) is 37.6 Å². The lowest BCUT2D eigenvalue weighted by Gasteiger charge is -2.39. The largest absolute Gasteiger partial charge is 0.449 e. The zero-order chi connectivity index (χ0) is 35.6. The fourth-order valence-electron chi connectivity index (χ4n) is 5.36. The van der Waals surface area contributed by atoms with E-state index in [9.17, 15) is 19.5 Å². The predicted molar refractivity (Wildman–Crippen MR) is 198 cm³/mol. The van der Waals surface area contributed by atoms with Crippen molar-refractivity contribution in [3.63, 3.8) is 0 Å². The second kappa shape index (κ2) is 21.8. The van der Waals surface area contributed by atoms with Gasteiger partial charge in [-0.05, 0) is 28.8 Å². The summed E-state index contributed by atoms with van der Waals surface area (Å²) in [4.78, 5) is 42.4. The molecule has 0 spiro atoms. The highest BCUT2D eigenvalue weighted by molar-refractivity contribution is 8.76. The third-order valence-corrected chi connectivity index (χ3v) is 10.5. The van der Waals surface area contributed by atoms with E-state index >= 15 is 0 Å². The van der Waals surface area contributed by atoms with Gasteiger partial charge in [0.1, 0.15) is 19.8 Å². The number of ether oxygens (including phenoxy) is 3. The predicted octanol–water partition coefficient (Wildman–Crippen LogP) is 5.50. The molecular weight excluding hydrogens is 700 g/mol. The summed E-state index contributed by atoms with van der Waals surface area (Å²) in [6, 6.07) is 27.8. The number of imide groups is 1. The van der Waals surface area contributed by atoms with E-state index in [1.54, 1.807) is 19.2 Å². The second-order valence-corrected chi connectivity index (χ2v) is 14.7. The van der Waals surface area contributed by atoms with Gasteiger partial charge in [0.05, 0.1) is 25.3 Å². The summed E-state index contributed by atoms with van der Waals surface area (Å²) in [6.07, 6.45) is -2.12. The third kappa shape index (κ3) is 13.8. The van der Waals surface area contributed by atoms with Crippen LogP contribution in [0.15, 0.2) is 84.9 Å². The Kier molecular flexibility index (Phi) is 17.2. The van der Waals surface area contributed by atoms with Gasteiger partial charge in [0.2, 0.25) is 0 Å². The van der Waals surface area contributed by atoms with Crippen LogP contribution in [0.25, 0.3) is 0 Å². The minimum Gasteiger partial charge on any atom is -0.449 e. The van der Waals surface area contributed by atoms with Crippen molar-refractivity contribution in [1.29, 1.82) is 0 Å². The average molecular weight is 745 g/mol. The smallest absolute Gasteiger partial charge is 0.413 e. The van der Waals surface area contributed by atoms with Crippen molar-refractivity contribution in [1.82, 2.24) is 20.0 Å². The minimum atomic E-state index is -0.816. The molecule has 2 N–H and O–H groups in total. The number of amides is 3. The molecule has 0 saturated carbocycles. The number of carbonyl (C=O) groups excluding carboxylic acids is 3. The standard InChI is InChI=1S/C36H45ClN4O7S2/c1-39(26-32(42)28-8-4-2-5-9-28)36(45)48-23-25-50-49-24-22-47-35(44)38-33(43)27-46-21-20-40-16-18-41(19-17-40)34(29-10-6-3-7-11-29)30-12-14-31(37)15-13-30/h2-15,32,34,42H,16-27H2,1H3,(H,38,43,44)/t32-,34?/m1/s1. The van der Waals surface area contributed by atoms with Crippen LogP contribution in [0.2, 0.25) is 5.02 Å². The van der Waals surface area contributed by atoms with Crippen LogP contribution in [0.3, 0.4) is 0 Å². The van der Waals surface area contributed by atoms with Crippen LogP contribution in [0.5, 0.6) is 0 Å². The number of nitrogens with one attached hydrogen (secondary N) is 1. The molecule has 50 heavy (non-hydrogen) atoms. The second-order valence-electron chi connectivity index (χ2n) is 11.5. The Bertz CT molecular complexity index is 1450. The highest BCUT2D eigenvalue weighted by Crippen LogP contribution is 2.30. The van der Waals surface area contributed by atoms with Crippen molar-refractivity contribution in [2.45, 2.75) is 12.1 Å². The van der Waals surface area contributed by atoms with Crippen LogP contribution in [0.1, 0.15) is 28.8 Å². The number of aliphatic hydroxyl groups excluding tert-OH is 1. The lowest BCUT2D eigenvalue weighted by atomic mass is 9.96. The van der Waals surface area contributed by atoms with Crippen LogP contribution in [0, 0.1) is 0 Å². The zero-order valence-electron chi connectivity index (χ0n) is 28.2. The number of piperazine rings is 1. The van der Waals surface area contributed by atoms with Gasteiger partial charge in [-0.3, -0.25) is 19.9 Å². The molecule has 11 nitrogen and oxygen atoms in total. The van der Waals surface area contributed by atoms with Crippen molar-refractivity contribution in [2.24, 2.45) is 0 Å². The Hall–Kier alpha value is -3.30. The molecule has 1 heterocycles. The van der Waals surface area contributed by atoms with Crippen LogP contribution in [0.4, 0.5) is 9.59 Å². The number of aliphatic hydroxyl groups is 1. The molecule has 0 radical (unpaired) electrons. The van der Waals surface area contributed by atoms with Gasteiger partial charge in [-0.1, -0.05) is 106 Å². The molecule has 4 rings (SSSR count). The highest BCUT2D eigenvalue weighted by atomic mass is 35.5. The number of hydrogen-bond donors (Lipinski definition) is 2. The van der Waals surface area contributed by atoms with Gasteiger partial charge in [-0.25, -0.2) is 9.59 Å². The summed E-state index contributed by atoms with van der Waals surface area (Å²) in [5, 5.41) is 13.2. The summed E-state index contributed by atoms with van der Waals surface area (Å²) in [6.45, 7) is 4.79. The molecule has 1 unspecified atom stereocenters. The van der Waals surface area contributed by atoms with Gasteiger partial charge in [-0.2, -0.15) is 0 Å². The van der Waals surface area contributed by atoms with E-state index in [4.69, 9.17) is 25.8 Å². The lowest BCUT2D eigenvalue weighted by Crippen LogP contribution is -2.48. The monoisotopic (exact) mass is 744 g/mol. The van der Waals surface area contributed by atoms with Crippen molar-refractivity contribution >= 4 is 51.3 Å². The number of benzene rings is 3. The Labute approximate surface area is 307 Å². The van der Waals surface area contributed by atoms with Gasteiger partial charge in [-0.15, -0.1) is 0 Å². The van der Waals surface area contributed by atoms with Gasteiger partial charge >= 0.3 is 12.2 Å². The first kappa shape index (κ1) is 39.5. The summed E-state index contributed by atoms with van der Waals surface area (Å²) in [5.41, 5.74) is 3.18. The molecule has 1 fully saturated rings. The van der Waals surface area contributed by atoms with E-state index < -0.39 is 24.2 Å². The van der Waals surface area contributed by atoms with Crippen molar-refractivity contribution in [3.05, 3.63) is 107 Å². The molecule has 1 aliphatic heterocycles. The van der Waals surface area contributed by atoms with Crippen LogP contribution in [-0.2, 0) is 19.0 Å². The molecule has 3 amide bonds. The lowest BCUT2D eigenvalue weighted by molar-refractivity contribution is -0.125. The van der Waals surface area contributed by atoms with E-state index in [-0.39, 0.29) is 32.4 Å². The van der Waals surface area contributed by atoms with E-state index in [0.717, 1.165) is 36.8 Å². The molecule has 270 valence electrons. The van der Waals surface area contributed by atoms with Crippen LogP contribution < -0.4 is 5.32 Å². The maximum absolute atomic E-state index is 12.2. The summed E-state index contributed by atoms with van der Waals surface area (Å²) >= 11 is 6.15. The van der Waals surface area contributed by atoms with Crippen molar-refractivity contribution < 1.29 is 33.7 Å². The topological polar surface area (TPSA) is 121 Å². The number of hydrogen-bond acceptors (Lipinski definition) is 11. The normalized spacial score (nSPS) is 14.8. The summed E-state index contributed by atoms with van der Waals surface area (Å²) in [5.74, 6) is 0.485. The highest BCUT2D eigenvalue weighted by Gasteiger charge is 2.26. The first-order valence-electron chi connectivity index (χ1n) is 16.5. The molecule has 0 aliphatic carbocycles. The summed E-state index contributed by atoms with van der Waals surface area (Å²) < 4.78 is 15.8. The number of rotatable bonds is 18.